The average Bonchev–Trinajstić information content (AvgIpc) is 2.34. The van der Waals surface area contributed by atoms with Crippen LogP contribution in [-0.2, 0) is 4.79 Å². The molecular weight excluding hydrogens is 230 g/mol. The van der Waals surface area contributed by atoms with E-state index in [-0.39, 0.29) is 0 Å². The molecule has 1 aromatic heterocycles. The first-order chi connectivity index (χ1) is 5.11. The van der Waals surface area contributed by atoms with Crippen LogP contribution in [0.3, 0.4) is 0 Å². The summed E-state index contributed by atoms with van der Waals surface area (Å²) < 4.78 is 0.868. The van der Waals surface area contributed by atoms with Gasteiger partial charge in [0.15, 0.2) is 6.10 Å². The first kappa shape index (κ1) is 8.70. The average molecular weight is 236 g/mol. The second-order valence-corrected chi connectivity index (χ2v) is 4.44. The Hall–Kier alpha value is -0.390. The SMILES string of the molecule is NC(=O)C(O)c1ccc(Br)s1. The Bertz CT molecular complexity index is 273. The molecule has 60 valence electrons. The number of carbonyl (C=O) groups excluding carboxylic acids is 1. The smallest absolute Gasteiger partial charge is 0.251 e. The maximum Gasteiger partial charge on any atom is 0.251 e. The number of carbonyl (C=O) groups is 1. The maximum atomic E-state index is 10.5. The van der Waals surface area contributed by atoms with Gasteiger partial charge in [0.25, 0.3) is 5.91 Å². The van der Waals surface area contributed by atoms with Gasteiger partial charge in [-0.25, -0.2) is 0 Å². The highest BCUT2D eigenvalue weighted by molar-refractivity contribution is 9.11. The molecular formula is C6H6BrNO2S. The number of aliphatic hydroxyl groups excluding tert-OH is 1. The molecule has 1 rings (SSSR count). The van der Waals surface area contributed by atoms with Crippen molar-refractivity contribution in [3.63, 3.8) is 0 Å². The molecule has 1 aromatic rings. The Morgan fingerprint density at radius 1 is 1.73 bits per heavy atom. The van der Waals surface area contributed by atoms with E-state index in [1.54, 1.807) is 12.1 Å². The van der Waals surface area contributed by atoms with Crippen molar-refractivity contribution >= 4 is 33.2 Å². The molecule has 0 aromatic carbocycles. The topological polar surface area (TPSA) is 63.3 Å². The van der Waals surface area contributed by atoms with E-state index >= 15 is 0 Å². The molecule has 1 atom stereocenters. The van der Waals surface area contributed by atoms with Crippen molar-refractivity contribution in [1.82, 2.24) is 0 Å². The van der Waals surface area contributed by atoms with Crippen LogP contribution in [0.1, 0.15) is 11.0 Å². The van der Waals surface area contributed by atoms with Crippen molar-refractivity contribution < 1.29 is 9.90 Å². The van der Waals surface area contributed by atoms with Gasteiger partial charge >= 0.3 is 0 Å². The fraction of sp³-hybridized carbons (Fsp3) is 0.167. The molecule has 0 radical (unpaired) electrons. The van der Waals surface area contributed by atoms with E-state index in [4.69, 9.17) is 10.8 Å². The fourth-order valence-corrected chi connectivity index (χ4v) is 2.03. The zero-order valence-corrected chi connectivity index (χ0v) is 7.85. The summed E-state index contributed by atoms with van der Waals surface area (Å²) in [7, 11) is 0. The van der Waals surface area contributed by atoms with Gasteiger partial charge in [0, 0.05) is 4.88 Å². The molecule has 1 amide bonds. The molecule has 0 aliphatic carbocycles. The van der Waals surface area contributed by atoms with E-state index in [2.05, 4.69) is 15.9 Å². The highest BCUT2D eigenvalue weighted by atomic mass is 79.9. The van der Waals surface area contributed by atoms with Crippen LogP contribution in [0.25, 0.3) is 0 Å². The van der Waals surface area contributed by atoms with Crippen LogP contribution in [0, 0.1) is 0 Å². The quantitative estimate of drug-likeness (QED) is 0.805. The summed E-state index contributed by atoms with van der Waals surface area (Å²) in [5, 5.41) is 9.13. The molecule has 0 aliphatic rings. The number of primary amides is 1. The lowest BCUT2D eigenvalue weighted by Crippen LogP contribution is -2.19. The highest BCUT2D eigenvalue weighted by Crippen LogP contribution is 2.26. The molecule has 3 N–H and O–H groups in total. The van der Waals surface area contributed by atoms with E-state index in [0.29, 0.717) is 4.88 Å². The van der Waals surface area contributed by atoms with E-state index in [1.807, 2.05) is 0 Å². The van der Waals surface area contributed by atoms with Gasteiger partial charge in [-0.05, 0) is 28.1 Å². The summed E-state index contributed by atoms with van der Waals surface area (Å²) in [4.78, 5) is 11.0. The van der Waals surface area contributed by atoms with E-state index < -0.39 is 12.0 Å². The molecule has 3 nitrogen and oxygen atoms in total. The van der Waals surface area contributed by atoms with Gasteiger partial charge in [-0.15, -0.1) is 11.3 Å². The Labute approximate surface area is 76.0 Å². The Morgan fingerprint density at radius 3 is 2.73 bits per heavy atom. The lowest BCUT2D eigenvalue weighted by molar-refractivity contribution is -0.126. The largest absolute Gasteiger partial charge is 0.378 e. The van der Waals surface area contributed by atoms with Gasteiger partial charge in [-0.1, -0.05) is 0 Å². The second kappa shape index (κ2) is 3.34. The summed E-state index contributed by atoms with van der Waals surface area (Å²) in [6.45, 7) is 0. The lowest BCUT2D eigenvalue weighted by Gasteiger charge is -2.00. The van der Waals surface area contributed by atoms with Crippen molar-refractivity contribution in [3.05, 3.63) is 20.8 Å². The van der Waals surface area contributed by atoms with E-state index in [9.17, 15) is 4.79 Å². The van der Waals surface area contributed by atoms with Crippen molar-refractivity contribution in [1.29, 1.82) is 0 Å². The van der Waals surface area contributed by atoms with Gasteiger partial charge in [0.1, 0.15) is 0 Å². The number of hydrogen-bond acceptors (Lipinski definition) is 3. The Morgan fingerprint density at radius 2 is 2.36 bits per heavy atom. The van der Waals surface area contributed by atoms with Crippen molar-refractivity contribution in [2.24, 2.45) is 5.73 Å². The molecule has 0 saturated carbocycles. The van der Waals surface area contributed by atoms with Crippen LogP contribution in [-0.4, -0.2) is 11.0 Å². The predicted molar refractivity (Wildman–Crippen MR) is 46.2 cm³/mol. The minimum absolute atomic E-state index is 0.560. The van der Waals surface area contributed by atoms with Crippen LogP contribution in [0.2, 0.25) is 0 Å². The molecule has 11 heavy (non-hydrogen) atoms. The van der Waals surface area contributed by atoms with Gasteiger partial charge in [0.2, 0.25) is 0 Å². The molecule has 0 aliphatic heterocycles. The zero-order valence-electron chi connectivity index (χ0n) is 5.45. The number of rotatable bonds is 2. The summed E-state index contributed by atoms with van der Waals surface area (Å²) in [6.07, 6.45) is -1.17. The summed E-state index contributed by atoms with van der Waals surface area (Å²) in [6, 6.07) is 3.41. The van der Waals surface area contributed by atoms with E-state index in [0.717, 1.165) is 3.79 Å². The van der Waals surface area contributed by atoms with Crippen LogP contribution >= 0.6 is 27.3 Å². The van der Waals surface area contributed by atoms with Crippen molar-refractivity contribution in [3.8, 4) is 0 Å². The molecule has 5 heteroatoms. The third kappa shape index (κ3) is 2.02. The monoisotopic (exact) mass is 235 g/mol. The molecule has 0 spiro atoms. The van der Waals surface area contributed by atoms with Crippen LogP contribution in [0.15, 0.2) is 15.9 Å². The van der Waals surface area contributed by atoms with Crippen molar-refractivity contribution in [2.75, 3.05) is 0 Å². The normalized spacial score (nSPS) is 12.9. The minimum atomic E-state index is -1.17. The van der Waals surface area contributed by atoms with Crippen molar-refractivity contribution in [2.45, 2.75) is 6.10 Å². The van der Waals surface area contributed by atoms with Gasteiger partial charge in [0.05, 0.1) is 3.79 Å². The summed E-state index contributed by atoms with van der Waals surface area (Å²) in [5.74, 6) is -0.723. The maximum absolute atomic E-state index is 10.5. The molecule has 0 saturated heterocycles. The Balaban J connectivity index is 2.84. The number of amides is 1. The highest BCUT2D eigenvalue weighted by Gasteiger charge is 2.14. The Kier molecular flexibility index (Phi) is 2.64. The minimum Gasteiger partial charge on any atom is -0.378 e. The lowest BCUT2D eigenvalue weighted by atomic mass is 10.3. The predicted octanol–water partition coefficient (Wildman–Crippen LogP) is 1.03. The first-order valence-electron chi connectivity index (χ1n) is 2.84. The summed E-state index contributed by atoms with van der Waals surface area (Å²) >= 11 is 4.49. The third-order valence-electron chi connectivity index (χ3n) is 1.13. The van der Waals surface area contributed by atoms with Crippen LogP contribution in [0.4, 0.5) is 0 Å². The molecule has 0 bridgehead atoms. The van der Waals surface area contributed by atoms with Gasteiger partial charge in [-0.2, -0.15) is 0 Å². The number of hydrogen-bond donors (Lipinski definition) is 2. The van der Waals surface area contributed by atoms with Gasteiger partial charge in [-0.3, -0.25) is 4.79 Å². The van der Waals surface area contributed by atoms with E-state index in [1.165, 1.54) is 11.3 Å². The van der Waals surface area contributed by atoms with Gasteiger partial charge < -0.3 is 10.8 Å². The second-order valence-electron chi connectivity index (χ2n) is 1.95. The molecule has 1 unspecified atom stereocenters. The van der Waals surface area contributed by atoms with Crippen LogP contribution < -0.4 is 5.73 Å². The third-order valence-corrected chi connectivity index (χ3v) is 2.81. The standard InChI is InChI=1S/C6H6BrNO2S/c7-4-2-1-3(11-4)5(9)6(8)10/h1-2,5,9H,(H2,8,10). The zero-order chi connectivity index (χ0) is 8.43. The molecule has 0 fully saturated rings. The first-order valence-corrected chi connectivity index (χ1v) is 4.45. The number of thiophene rings is 1. The molecule has 1 heterocycles. The number of halogens is 1. The summed E-state index contributed by atoms with van der Waals surface area (Å²) in [5.41, 5.74) is 4.88. The number of aliphatic hydroxyl groups is 1. The fourth-order valence-electron chi connectivity index (χ4n) is 0.615. The number of nitrogens with two attached hydrogens (primary N) is 1. The van der Waals surface area contributed by atoms with Crippen LogP contribution in [0.5, 0.6) is 0 Å².